The molecular weight excluding hydrogens is 228 g/mol. The zero-order valence-electron chi connectivity index (χ0n) is 10.9. The summed E-state index contributed by atoms with van der Waals surface area (Å²) in [6, 6.07) is 7.56. The van der Waals surface area contributed by atoms with Crippen LogP contribution in [0.1, 0.15) is 30.9 Å². The van der Waals surface area contributed by atoms with Gasteiger partial charge in [0.1, 0.15) is 5.75 Å². The standard InChI is InChI=1S/C14H22N2O2/c1-18-13-7-5-12(6-8-13)14(17)11-15-16-9-3-2-4-10-16/h5-8,14-15,17H,2-4,9-11H2,1H3. The van der Waals surface area contributed by atoms with E-state index in [0.29, 0.717) is 6.54 Å². The highest BCUT2D eigenvalue weighted by Gasteiger charge is 2.12. The molecule has 0 bridgehead atoms. The molecule has 1 aliphatic heterocycles. The second-order valence-corrected chi connectivity index (χ2v) is 4.70. The van der Waals surface area contributed by atoms with Crippen LogP contribution in [0.4, 0.5) is 0 Å². The van der Waals surface area contributed by atoms with E-state index in [9.17, 15) is 5.11 Å². The van der Waals surface area contributed by atoms with Gasteiger partial charge >= 0.3 is 0 Å². The van der Waals surface area contributed by atoms with Crippen LogP contribution in [0.2, 0.25) is 0 Å². The Morgan fingerprint density at radius 1 is 1.22 bits per heavy atom. The largest absolute Gasteiger partial charge is 0.497 e. The third-order valence-corrected chi connectivity index (χ3v) is 3.36. The Balaban J connectivity index is 1.80. The van der Waals surface area contributed by atoms with E-state index in [4.69, 9.17) is 4.74 Å². The van der Waals surface area contributed by atoms with Crippen LogP contribution in [-0.2, 0) is 0 Å². The van der Waals surface area contributed by atoms with Crippen molar-refractivity contribution in [1.29, 1.82) is 0 Å². The highest BCUT2D eigenvalue weighted by atomic mass is 16.5. The molecule has 0 saturated carbocycles. The smallest absolute Gasteiger partial charge is 0.118 e. The lowest BCUT2D eigenvalue weighted by Gasteiger charge is -2.28. The Morgan fingerprint density at radius 2 is 1.89 bits per heavy atom. The molecule has 0 spiro atoms. The lowest BCUT2D eigenvalue weighted by atomic mass is 10.1. The van der Waals surface area contributed by atoms with Crippen LogP contribution in [0.15, 0.2) is 24.3 Å². The summed E-state index contributed by atoms with van der Waals surface area (Å²) in [5.41, 5.74) is 4.22. The van der Waals surface area contributed by atoms with Crippen molar-refractivity contribution < 1.29 is 9.84 Å². The van der Waals surface area contributed by atoms with E-state index < -0.39 is 6.10 Å². The van der Waals surface area contributed by atoms with Gasteiger partial charge in [0.15, 0.2) is 0 Å². The third kappa shape index (κ3) is 3.70. The van der Waals surface area contributed by atoms with Crippen LogP contribution < -0.4 is 10.2 Å². The number of hydrogen-bond donors (Lipinski definition) is 2. The molecule has 4 heteroatoms. The summed E-state index contributed by atoms with van der Waals surface area (Å²) in [4.78, 5) is 0. The Morgan fingerprint density at radius 3 is 2.50 bits per heavy atom. The van der Waals surface area contributed by atoms with E-state index in [1.807, 2.05) is 24.3 Å². The molecule has 100 valence electrons. The number of ether oxygens (including phenoxy) is 1. The number of rotatable bonds is 5. The molecule has 1 aromatic rings. The molecule has 0 aromatic heterocycles. The minimum atomic E-state index is -0.474. The van der Waals surface area contributed by atoms with Gasteiger partial charge in [-0.3, -0.25) is 5.43 Å². The predicted molar refractivity (Wildman–Crippen MR) is 71.4 cm³/mol. The number of benzene rings is 1. The molecule has 18 heavy (non-hydrogen) atoms. The predicted octanol–water partition coefficient (Wildman–Crippen LogP) is 1.72. The van der Waals surface area contributed by atoms with E-state index in [1.165, 1.54) is 19.3 Å². The van der Waals surface area contributed by atoms with Gasteiger partial charge in [-0.25, -0.2) is 5.01 Å². The van der Waals surface area contributed by atoms with Crippen molar-refractivity contribution in [3.8, 4) is 5.75 Å². The molecule has 1 heterocycles. The molecule has 0 radical (unpaired) electrons. The fourth-order valence-electron chi connectivity index (χ4n) is 2.21. The fraction of sp³-hybridized carbons (Fsp3) is 0.571. The van der Waals surface area contributed by atoms with Gasteiger partial charge in [-0.15, -0.1) is 0 Å². The number of aliphatic hydroxyl groups excluding tert-OH is 1. The minimum Gasteiger partial charge on any atom is -0.497 e. The molecule has 2 N–H and O–H groups in total. The molecule has 1 unspecified atom stereocenters. The average molecular weight is 250 g/mol. The maximum atomic E-state index is 10.1. The first-order valence-corrected chi connectivity index (χ1v) is 6.60. The van der Waals surface area contributed by atoms with Crippen molar-refractivity contribution in [2.75, 3.05) is 26.7 Å². The van der Waals surface area contributed by atoms with Gasteiger partial charge in [0.2, 0.25) is 0 Å². The summed E-state index contributed by atoms with van der Waals surface area (Å²) < 4.78 is 5.10. The summed E-state index contributed by atoms with van der Waals surface area (Å²) in [7, 11) is 1.64. The second kappa shape index (κ2) is 6.73. The molecule has 1 saturated heterocycles. The second-order valence-electron chi connectivity index (χ2n) is 4.70. The van der Waals surface area contributed by atoms with Crippen LogP contribution in [0.25, 0.3) is 0 Å². The molecule has 1 aromatic carbocycles. The van der Waals surface area contributed by atoms with Gasteiger partial charge in [-0.1, -0.05) is 18.6 Å². The highest BCUT2D eigenvalue weighted by molar-refractivity contribution is 5.28. The molecule has 1 fully saturated rings. The molecule has 4 nitrogen and oxygen atoms in total. The first-order valence-electron chi connectivity index (χ1n) is 6.60. The molecule has 0 amide bonds. The first kappa shape index (κ1) is 13.3. The van der Waals surface area contributed by atoms with Crippen molar-refractivity contribution in [2.24, 2.45) is 0 Å². The number of aliphatic hydroxyl groups is 1. The number of hydrazine groups is 1. The summed E-state index contributed by atoms with van der Waals surface area (Å²) in [6.07, 6.45) is 3.33. The van der Waals surface area contributed by atoms with Gasteiger partial charge in [0.25, 0.3) is 0 Å². The molecular formula is C14H22N2O2. The maximum absolute atomic E-state index is 10.1. The minimum absolute atomic E-state index is 0.474. The van der Waals surface area contributed by atoms with Gasteiger partial charge in [0.05, 0.1) is 13.2 Å². The lowest BCUT2D eigenvalue weighted by molar-refractivity contribution is 0.0996. The number of nitrogens with one attached hydrogen (secondary N) is 1. The van der Waals surface area contributed by atoms with Crippen LogP contribution in [0, 0.1) is 0 Å². The van der Waals surface area contributed by atoms with Crippen molar-refractivity contribution in [2.45, 2.75) is 25.4 Å². The third-order valence-electron chi connectivity index (χ3n) is 3.36. The van der Waals surface area contributed by atoms with Crippen molar-refractivity contribution in [1.82, 2.24) is 10.4 Å². The number of hydrogen-bond acceptors (Lipinski definition) is 4. The first-order chi connectivity index (χ1) is 8.79. The van der Waals surface area contributed by atoms with Crippen LogP contribution >= 0.6 is 0 Å². The van der Waals surface area contributed by atoms with Gasteiger partial charge < -0.3 is 9.84 Å². The molecule has 1 aliphatic rings. The summed E-state index contributed by atoms with van der Waals surface area (Å²) >= 11 is 0. The lowest BCUT2D eigenvalue weighted by Crippen LogP contribution is -2.43. The zero-order valence-corrected chi connectivity index (χ0v) is 10.9. The normalized spacial score (nSPS) is 18.6. The van der Waals surface area contributed by atoms with Gasteiger partial charge in [-0.2, -0.15) is 0 Å². The van der Waals surface area contributed by atoms with E-state index in [2.05, 4.69) is 10.4 Å². The van der Waals surface area contributed by atoms with Crippen LogP contribution in [0.5, 0.6) is 5.75 Å². The van der Waals surface area contributed by atoms with Crippen LogP contribution in [0.3, 0.4) is 0 Å². The topological polar surface area (TPSA) is 44.7 Å². The number of nitrogens with zero attached hydrogens (tertiary/aromatic N) is 1. The zero-order chi connectivity index (χ0) is 12.8. The van der Waals surface area contributed by atoms with Crippen molar-refractivity contribution in [3.05, 3.63) is 29.8 Å². The number of piperidine rings is 1. The van der Waals surface area contributed by atoms with E-state index in [-0.39, 0.29) is 0 Å². The monoisotopic (exact) mass is 250 g/mol. The summed E-state index contributed by atoms with van der Waals surface area (Å²) in [6.45, 7) is 2.72. The maximum Gasteiger partial charge on any atom is 0.118 e. The highest BCUT2D eigenvalue weighted by Crippen LogP contribution is 2.17. The Labute approximate surface area is 109 Å². The summed E-state index contributed by atoms with van der Waals surface area (Å²) in [5.74, 6) is 0.815. The van der Waals surface area contributed by atoms with E-state index in [1.54, 1.807) is 7.11 Å². The Hall–Kier alpha value is -1.10. The van der Waals surface area contributed by atoms with E-state index in [0.717, 1.165) is 24.4 Å². The molecule has 2 rings (SSSR count). The Bertz CT molecular complexity index is 347. The summed E-state index contributed by atoms with van der Waals surface area (Å²) in [5, 5.41) is 12.3. The van der Waals surface area contributed by atoms with Gasteiger partial charge in [0, 0.05) is 19.6 Å². The van der Waals surface area contributed by atoms with Crippen molar-refractivity contribution in [3.63, 3.8) is 0 Å². The van der Waals surface area contributed by atoms with Crippen molar-refractivity contribution >= 4 is 0 Å². The molecule has 0 aliphatic carbocycles. The average Bonchev–Trinajstić information content (AvgIpc) is 2.46. The van der Waals surface area contributed by atoms with Gasteiger partial charge in [-0.05, 0) is 30.5 Å². The fourth-order valence-corrected chi connectivity index (χ4v) is 2.21. The quantitative estimate of drug-likeness (QED) is 0.835. The SMILES string of the molecule is COc1ccc(C(O)CNN2CCCCC2)cc1. The van der Waals surface area contributed by atoms with E-state index >= 15 is 0 Å². The van der Waals surface area contributed by atoms with Crippen LogP contribution in [-0.4, -0.2) is 36.9 Å². The molecule has 1 atom stereocenters. The number of methoxy groups -OCH3 is 1. The Kier molecular flexibility index (Phi) is 4.99.